The van der Waals surface area contributed by atoms with Gasteiger partial charge in [-0.25, -0.2) is 0 Å². The lowest BCUT2D eigenvalue weighted by molar-refractivity contribution is -0.121. The molecule has 1 heterocycles. The number of para-hydroxylation sites is 1. The van der Waals surface area contributed by atoms with Crippen molar-refractivity contribution in [2.45, 2.75) is 25.8 Å². The van der Waals surface area contributed by atoms with Crippen LogP contribution >= 0.6 is 0 Å². The van der Waals surface area contributed by atoms with Gasteiger partial charge in [-0.3, -0.25) is 4.79 Å². The van der Waals surface area contributed by atoms with Gasteiger partial charge >= 0.3 is 0 Å². The molecule has 0 bridgehead atoms. The van der Waals surface area contributed by atoms with Gasteiger partial charge < -0.3 is 10.2 Å². The van der Waals surface area contributed by atoms with Crippen LogP contribution in [0.2, 0.25) is 0 Å². The first-order valence-corrected chi connectivity index (χ1v) is 6.27. The Morgan fingerprint density at radius 2 is 2.28 bits per heavy atom. The predicted octanol–water partition coefficient (Wildman–Crippen LogP) is 1.47. The first kappa shape index (κ1) is 12.6. The maximum absolute atomic E-state index is 12.3. The number of nitrogens with zero attached hydrogens (tertiary/aromatic N) is 2. The van der Waals surface area contributed by atoms with E-state index in [-0.39, 0.29) is 18.4 Å². The molecule has 1 aliphatic rings. The Morgan fingerprint density at radius 1 is 1.50 bits per heavy atom. The minimum atomic E-state index is -0.367. The predicted molar refractivity (Wildman–Crippen MR) is 70.2 cm³/mol. The summed E-state index contributed by atoms with van der Waals surface area (Å²) in [6, 6.07) is 9.65. The molecule has 0 spiro atoms. The quantitative estimate of drug-likeness (QED) is 0.874. The molecule has 0 aliphatic carbocycles. The molecule has 4 heteroatoms. The summed E-state index contributed by atoms with van der Waals surface area (Å²) >= 11 is 0. The number of carbonyl (C=O) groups excluding carboxylic acids is 1. The van der Waals surface area contributed by atoms with Crippen molar-refractivity contribution in [3.8, 4) is 6.07 Å². The Kier molecular flexibility index (Phi) is 3.96. The smallest absolute Gasteiger partial charge is 0.245 e. The van der Waals surface area contributed by atoms with Crippen LogP contribution in [0.5, 0.6) is 0 Å². The average Bonchev–Trinajstić information content (AvgIpc) is 2.41. The van der Waals surface area contributed by atoms with Gasteiger partial charge in [-0.15, -0.1) is 0 Å². The van der Waals surface area contributed by atoms with Crippen LogP contribution in [-0.4, -0.2) is 25.0 Å². The topological polar surface area (TPSA) is 56.1 Å². The fourth-order valence-electron chi connectivity index (χ4n) is 2.30. The van der Waals surface area contributed by atoms with Gasteiger partial charge in [-0.05, 0) is 18.1 Å². The van der Waals surface area contributed by atoms with Crippen molar-refractivity contribution in [1.29, 1.82) is 5.26 Å². The van der Waals surface area contributed by atoms with E-state index < -0.39 is 0 Å². The molecule has 1 N–H and O–H groups in total. The van der Waals surface area contributed by atoms with Crippen molar-refractivity contribution in [1.82, 2.24) is 5.32 Å². The summed E-state index contributed by atoms with van der Waals surface area (Å²) in [7, 11) is 0. The number of hydrogen-bond donors (Lipinski definition) is 1. The van der Waals surface area contributed by atoms with E-state index in [1.54, 1.807) is 4.90 Å². The van der Waals surface area contributed by atoms with Crippen molar-refractivity contribution in [3.05, 3.63) is 29.8 Å². The SMILES string of the molecule is CCc1ccccc1N1CCNC(CC#N)C1=O. The number of nitriles is 1. The molecule has 2 rings (SSSR count). The number of amides is 1. The Labute approximate surface area is 107 Å². The summed E-state index contributed by atoms with van der Waals surface area (Å²) in [5, 5.41) is 11.8. The molecule has 0 saturated carbocycles. The fraction of sp³-hybridized carbons (Fsp3) is 0.429. The van der Waals surface area contributed by atoms with E-state index in [0.29, 0.717) is 6.54 Å². The second kappa shape index (κ2) is 5.65. The number of aryl methyl sites for hydroxylation is 1. The summed E-state index contributed by atoms with van der Waals surface area (Å²) in [6.45, 7) is 3.48. The maximum atomic E-state index is 12.3. The monoisotopic (exact) mass is 243 g/mol. The molecule has 18 heavy (non-hydrogen) atoms. The second-order valence-electron chi connectivity index (χ2n) is 4.34. The lowest BCUT2D eigenvalue weighted by Crippen LogP contribution is -2.55. The highest BCUT2D eigenvalue weighted by Gasteiger charge is 2.29. The molecule has 1 atom stereocenters. The van der Waals surface area contributed by atoms with Gasteiger partial charge in [-0.2, -0.15) is 5.26 Å². The van der Waals surface area contributed by atoms with Gasteiger partial charge in [0.1, 0.15) is 6.04 Å². The summed E-state index contributed by atoms with van der Waals surface area (Å²) < 4.78 is 0. The third-order valence-electron chi connectivity index (χ3n) is 3.25. The number of rotatable bonds is 3. The number of benzene rings is 1. The molecule has 0 aromatic heterocycles. The maximum Gasteiger partial charge on any atom is 0.245 e. The van der Waals surface area contributed by atoms with Crippen molar-refractivity contribution in [2.24, 2.45) is 0 Å². The van der Waals surface area contributed by atoms with E-state index in [1.165, 1.54) is 5.56 Å². The van der Waals surface area contributed by atoms with E-state index >= 15 is 0 Å². The highest BCUT2D eigenvalue weighted by molar-refractivity contribution is 5.98. The van der Waals surface area contributed by atoms with Crippen LogP contribution in [0.4, 0.5) is 5.69 Å². The number of piperazine rings is 1. The Hall–Kier alpha value is -1.86. The third-order valence-corrected chi connectivity index (χ3v) is 3.25. The van der Waals surface area contributed by atoms with E-state index in [9.17, 15) is 4.79 Å². The molecule has 1 amide bonds. The minimum absolute atomic E-state index is 0.00343. The van der Waals surface area contributed by atoms with Crippen molar-refractivity contribution >= 4 is 11.6 Å². The average molecular weight is 243 g/mol. The molecule has 0 radical (unpaired) electrons. The number of anilines is 1. The van der Waals surface area contributed by atoms with Gasteiger partial charge in [0.2, 0.25) is 5.91 Å². The molecule has 94 valence electrons. The van der Waals surface area contributed by atoms with Crippen molar-refractivity contribution in [3.63, 3.8) is 0 Å². The second-order valence-corrected chi connectivity index (χ2v) is 4.34. The van der Waals surface area contributed by atoms with Gasteiger partial charge in [0, 0.05) is 18.8 Å². The van der Waals surface area contributed by atoms with Crippen molar-refractivity contribution in [2.75, 3.05) is 18.0 Å². The van der Waals surface area contributed by atoms with Crippen LogP contribution in [0, 0.1) is 11.3 Å². The van der Waals surface area contributed by atoms with Gasteiger partial charge in [-0.1, -0.05) is 25.1 Å². The molecule has 1 fully saturated rings. The lowest BCUT2D eigenvalue weighted by Gasteiger charge is -2.33. The van der Waals surface area contributed by atoms with Gasteiger partial charge in [0.15, 0.2) is 0 Å². The van der Waals surface area contributed by atoms with Crippen LogP contribution in [0.15, 0.2) is 24.3 Å². The van der Waals surface area contributed by atoms with E-state index in [2.05, 4.69) is 18.3 Å². The largest absolute Gasteiger partial charge is 0.309 e. The highest BCUT2D eigenvalue weighted by atomic mass is 16.2. The Morgan fingerprint density at radius 3 is 3.00 bits per heavy atom. The molecular formula is C14H17N3O. The Balaban J connectivity index is 2.27. The number of nitrogens with one attached hydrogen (secondary N) is 1. The zero-order valence-corrected chi connectivity index (χ0v) is 10.5. The van der Waals surface area contributed by atoms with Crippen LogP contribution in [0.1, 0.15) is 18.9 Å². The molecule has 1 aromatic carbocycles. The number of carbonyl (C=O) groups is 1. The molecule has 1 unspecified atom stereocenters. The molecule has 1 aliphatic heterocycles. The standard InChI is InChI=1S/C14H17N3O/c1-2-11-5-3-4-6-13(11)17-10-9-16-12(7-8-15)14(17)18/h3-6,12,16H,2,7,9-10H2,1H3. The summed E-state index contributed by atoms with van der Waals surface area (Å²) in [5.74, 6) is 0.00343. The zero-order valence-electron chi connectivity index (χ0n) is 10.5. The Bertz CT molecular complexity index is 478. The summed E-state index contributed by atoms with van der Waals surface area (Å²) in [6.07, 6.45) is 1.12. The lowest BCUT2D eigenvalue weighted by atomic mass is 10.1. The summed E-state index contributed by atoms with van der Waals surface area (Å²) in [5.41, 5.74) is 2.15. The molecule has 1 saturated heterocycles. The number of hydrogen-bond acceptors (Lipinski definition) is 3. The van der Waals surface area contributed by atoms with Crippen LogP contribution < -0.4 is 10.2 Å². The van der Waals surface area contributed by atoms with Gasteiger partial charge in [0.05, 0.1) is 12.5 Å². The van der Waals surface area contributed by atoms with E-state index in [1.807, 2.05) is 24.3 Å². The first-order chi connectivity index (χ1) is 8.77. The van der Waals surface area contributed by atoms with E-state index in [0.717, 1.165) is 18.7 Å². The summed E-state index contributed by atoms with van der Waals surface area (Å²) in [4.78, 5) is 14.1. The molecule has 4 nitrogen and oxygen atoms in total. The minimum Gasteiger partial charge on any atom is -0.309 e. The first-order valence-electron chi connectivity index (χ1n) is 6.27. The van der Waals surface area contributed by atoms with Crippen molar-refractivity contribution < 1.29 is 4.79 Å². The van der Waals surface area contributed by atoms with E-state index in [4.69, 9.17) is 5.26 Å². The van der Waals surface area contributed by atoms with Gasteiger partial charge in [0.25, 0.3) is 0 Å². The molecule has 1 aromatic rings. The van der Waals surface area contributed by atoms with Crippen LogP contribution in [-0.2, 0) is 11.2 Å². The fourth-order valence-corrected chi connectivity index (χ4v) is 2.30. The zero-order chi connectivity index (χ0) is 13.0. The van der Waals surface area contributed by atoms with Crippen LogP contribution in [0.25, 0.3) is 0 Å². The molecular weight excluding hydrogens is 226 g/mol. The highest BCUT2D eigenvalue weighted by Crippen LogP contribution is 2.23. The van der Waals surface area contributed by atoms with Crippen LogP contribution in [0.3, 0.4) is 0 Å². The normalized spacial score (nSPS) is 19.7. The third kappa shape index (κ3) is 2.36.